The van der Waals surface area contributed by atoms with Gasteiger partial charge in [0.05, 0.1) is 18.0 Å². The number of nitrogens with zero attached hydrogens (tertiary/aromatic N) is 2. The molecule has 1 aromatic rings. The predicted molar refractivity (Wildman–Crippen MR) is 87.9 cm³/mol. The van der Waals surface area contributed by atoms with Crippen molar-refractivity contribution in [2.45, 2.75) is 12.8 Å². The second kappa shape index (κ2) is 8.97. The van der Waals surface area contributed by atoms with Gasteiger partial charge in [-0.2, -0.15) is 0 Å². The van der Waals surface area contributed by atoms with Gasteiger partial charge in [-0.25, -0.2) is 0 Å². The van der Waals surface area contributed by atoms with E-state index in [1.54, 1.807) is 18.3 Å². The van der Waals surface area contributed by atoms with Gasteiger partial charge in [-0.1, -0.05) is 0 Å². The van der Waals surface area contributed by atoms with Gasteiger partial charge in [0.1, 0.15) is 0 Å². The fraction of sp³-hybridized carbons (Fsp3) is 0.500. The van der Waals surface area contributed by atoms with Gasteiger partial charge < -0.3 is 16.4 Å². The number of aromatic nitrogens is 1. The summed E-state index contributed by atoms with van der Waals surface area (Å²) >= 11 is 0. The average Bonchev–Trinajstić information content (AvgIpc) is 2.58. The van der Waals surface area contributed by atoms with Gasteiger partial charge >= 0.3 is 0 Å². The first kappa shape index (κ1) is 17.9. The highest BCUT2D eigenvalue weighted by Crippen LogP contribution is 2.16. The van der Waals surface area contributed by atoms with Crippen molar-refractivity contribution in [1.82, 2.24) is 20.5 Å². The molecule has 8 nitrogen and oxygen atoms in total. The molecule has 1 saturated heterocycles. The molecule has 0 spiro atoms. The first-order valence-electron chi connectivity index (χ1n) is 8.03. The van der Waals surface area contributed by atoms with Crippen molar-refractivity contribution in [3.63, 3.8) is 0 Å². The maximum Gasteiger partial charge on any atom is 0.252 e. The van der Waals surface area contributed by atoms with E-state index in [9.17, 15) is 14.4 Å². The Morgan fingerprint density at radius 2 is 2.08 bits per heavy atom. The van der Waals surface area contributed by atoms with Crippen LogP contribution in [0, 0.1) is 5.92 Å². The lowest BCUT2D eigenvalue weighted by atomic mass is 9.97. The van der Waals surface area contributed by atoms with Crippen molar-refractivity contribution in [2.75, 3.05) is 32.7 Å². The fourth-order valence-electron chi connectivity index (χ4n) is 2.74. The number of nitrogens with two attached hydrogens (primary N) is 1. The number of hydrogen-bond donors (Lipinski definition) is 3. The monoisotopic (exact) mass is 333 g/mol. The number of primary amides is 1. The van der Waals surface area contributed by atoms with Gasteiger partial charge in [-0.05, 0) is 31.5 Å². The Bertz CT molecular complexity index is 578. The van der Waals surface area contributed by atoms with Crippen molar-refractivity contribution in [2.24, 2.45) is 11.7 Å². The van der Waals surface area contributed by atoms with Crippen LogP contribution in [0.1, 0.15) is 23.2 Å². The average molecular weight is 333 g/mol. The summed E-state index contributed by atoms with van der Waals surface area (Å²) in [7, 11) is 0. The van der Waals surface area contributed by atoms with Gasteiger partial charge in [-0.3, -0.25) is 24.3 Å². The van der Waals surface area contributed by atoms with Crippen molar-refractivity contribution < 1.29 is 14.4 Å². The number of nitrogens with one attached hydrogen (secondary N) is 2. The summed E-state index contributed by atoms with van der Waals surface area (Å²) in [5.41, 5.74) is 5.68. The summed E-state index contributed by atoms with van der Waals surface area (Å²) in [4.78, 5) is 40.7. The minimum Gasteiger partial charge on any atom is -0.369 e. The first-order valence-corrected chi connectivity index (χ1v) is 8.03. The molecule has 130 valence electrons. The third kappa shape index (κ3) is 5.62. The minimum atomic E-state index is -0.380. The molecular formula is C16H23N5O3. The number of carbonyl (C=O) groups excluding carboxylic acids is 3. The van der Waals surface area contributed by atoms with E-state index in [-0.39, 0.29) is 30.2 Å². The first-order chi connectivity index (χ1) is 11.6. The summed E-state index contributed by atoms with van der Waals surface area (Å²) in [5.74, 6) is -0.802. The number of hydrogen-bond acceptors (Lipinski definition) is 5. The molecular weight excluding hydrogens is 310 g/mol. The van der Waals surface area contributed by atoms with Gasteiger partial charge in [0.25, 0.3) is 5.91 Å². The highest BCUT2D eigenvalue weighted by atomic mass is 16.2. The van der Waals surface area contributed by atoms with E-state index in [2.05, 4.69) is 15.6 Å². The van der Waals surface area contributed by atoms with Crippen LogP contribution in [0.15, 0.2) is 24.5 Å². The van der Waals surface area contributed by atoms with Crippen molar-refractivity contribution >= 4 is 17.7 Å². The molecule has 1 aromatic heterocycles. The van der Waals surface area contributed by atoms with Gasteiger partial charge in [0.15, 0.2) is 0 Å². The Morgan fingerprint density at radius 1 is 1.29 bits per heavy atom. The Hall–Kier alpha value is -2.48. The fourth-order valence-corrected chi connectivity index (χ4v) is 2.74. The second-order valence-electron chi connectivity index (χ2n) is 5.83. The third-order valence-electron chi connectivity index (χ3n) is 3.89. The zero-order chi connectivity index (χ0) is 17.4. The lowest BCUT2D eigenvalue weighted by Gasteiger charge is -2.30. The predicted octanol–water partition coefficient (Wildman–Crippen LogP) is -0.875. The summed E-state index contributed by atoms with van der Waals surface area (Å²) in [5, 5.41) is 5.55. The minimum absolute atomic E-state index is 0.0557. The van der Waals surface area contributed by atoms with Crippen molar-refractivity contribution in [3.8, 4) is 0 Å². The van der Waals surface area contributed by atoms with E-state index in [0.29, 0.717) is 25.2 Å². The lowest BCUT2D eigenvalue weighted by Crippen LogP contribution is -2.46. The Morgan fingerprint density at radius 3 is 2.79 bits per heavy atom. The molecule has 24 heavy (non-hydrogen) atoms. The van der Waals surface area contributed by atoms with E-state index in [1.807, 2.05) is 4.90 Å². The Labute approximate surface area is 140 Å². The van der Waals surface area contributed by atoms with Crippen LogP contribution in [0.5, 0.6) is 0 Å². The van der Waals surface area contributed by atoms with Gasteiger partial charge in [0.2, 0.25) is 11.8 Å². The molecule has 1 aliphatic heterocycles. The molecule has 1 fully saturated rings. The van der Waals surface area contributed by atoms with Crippen LogP contribution in [-0.4, -0.2) is 60.3 Å². The largest absolute Gasteiger partial charge is 0.369 e. The van der Waals surface area contributed by atoms with Crippen LogP contribution in [0.2, 0.25) is 0 Å². The zero-order valence-corrected chi connectivity index (χ0v) is 13.5. The second-order valence-corrected chi connectivity index (χ2v) is 5.83. The summed E-state index contributed by atoms with van der Waals surface area (Å²) in [6, 6.07) is 3.37. The quantitative estimate of drug-likeness (QED) is 0.561. The standard InChI is InChI=1S/C16H23N5O3/c17-14(22)11-21-8-2-4-13(10-21)16(24)20-7-6-19-15(23)12-3-1-5-18-9-12/h1,3,5,9,13H,2,4,6-8,10-11H2,(H2,17,22)(H,19,23)(H,20,24)/t13-/m0/s1. The number of pyridine rings is 1. The number of amides is 3. The van der Waals surface area contributed by atoms with E-state index in [0.717, 1.165) is 19.4 Å². The molecule has 0 radical (unpaired) electrons. The molecule has 1 aliphatic rings. The third-order valence-corrected chi connectivity index (χ3v) is 3.89. The zero-order valence-electron chi connectivity index (χ0n) is 13.5. The topological polar surface area (TPSA) is 117 Å². The van der Waals surface area contributed by atoms with Crippen LogP contribution >= 0.6 is 0 Å². The van der Waals surface area contributed by atoms with Crippen LogP contribution in [-0.2, 0) is 9.59 Å². The maximum absolute atomic E-state index is 12.2. The van der Waals surface area contributed by atoms with E-state index >= 15 is 0 Å². The Balaban J connectivity index is 1.67. The van der Waals surface area contributed by atoms with Crippen molar-refractivity contribution in [3.05, 3.63) is 30.1 Å². The highest BCUT2D eigenvalue weighted by molar-refractivity contribution is 5.93. The van der Waals surface area contributed by atoms with E-state index < -0.39 is 0 Å². The maximum atomic E-state index is 12.2. The van der Waals surface area contributed by atoms with Crippen LogP contribution in [0.4, 0.5) is 0 Å². The summed E-state index contributed by atoms with van der Waals surface area (Å²) < 4.78 is 0. The SMILES string of the molecule is NC(=O)CN1CCC[C@H](C(=O)NCCNC(=O)c2cccnc2)C1. The molecule has 2 heterocycles. The summed E-state index contributed by atoms with van der Waals surface area (Å²) in [6.07, 6.45) is 4.75. The lowest BCUT2D eigenvalue weighted by molar-refractivity contribution is -0.128. The van der Waals surface area contributed by atoms with E-state index in [1.165, 1.54) is 6.20 Å². The molecule has 0 saturated carbocycles. The molecule has 4 N–H and O–H groups in total. The Kier molecular flexibility index (Phi) is 6.68. The molecule has 8 heteroatoms. The number of carbonyl (C=O) groups is 3. The van der Waals surface area contributed by atoms with Crippen LogP contribution in [0.3, 0.4) is 0 Å². The highest BCUT2D eigenvalue weighted by Gasteiger charge is 2.26. The van der Waals surface area contributed by atoms with Gasteiger partial charge in [-0.15, -0.1) is 0 Å². The normalized spacial score (nSPS) is 17.9. The molecule has 1 atom stereocenters. The van der Waals surface area contributed by atoms with Gasteiger partial charge in [0, 0.05) is 32.0 Å². The molecule has 0 aliphatic carbocycles. The number of piperidine rings is 1. The van der Waals surface area contributed by atoms with Crippen LogP contribution < -0.4 is 16.4 Å². The molecule has 0 unspecified atom stereocenters. The molecule has 3 amide bonds. The number of likely N-dealkylation sites (tertiary alicyclic amines) is 1. The van der Waals surface area contributed by atoms with Crippen molar-refractivity contribution in [1.29, 1.82) is 0 Å². The smallest absolute Gasteiger partial charge is 0.252 e. The van der Waals surface area contributed by atoms with Crippen LogP contribution in [0.25, 0.3) is 0 Å². The summed E-state index contributed by atoms with van der Waals surface area (Å²) in [6.45, 7) is 2.21. The van der Waals surface area contributed by atoms with E-state index in [4.69, 9.17) is 5.73 Å². The molecule has 0 aromatic carbocycles. The molecule has 0 bridgehead atoms. The number of rotatable bonds is 7. The molecule has 2 rings (SSSR count).